The standard InChI is InChI=1S/C29H48O7/c1-9-26(6,23(33)36-29-15-13-28(8,14-16-29)25(29,4)5)19-27(7,21(30)31)18-24(2,3)22(32)35-20-12-10-11-17-34-20/h20H,9-19H2,1-8H3,(H,30,31). The molecule has 3 atom stereocenters. The van der Waals surface area contributed by atoms with Gasteiger partial charge in [-0.25, -0.2) is 0 Å². The lowest BCUT2D eigenvalue weighted by Gasteiger charge is -2.44. The molecule has 3 aliphatic rings. The van der Waals surface area contributed by atoms with Crippen LogP contribution in [0.3, 0.4) is 0 Å². The van der Waals surface area contributed by atoms with E-state index in [1.54, 1.807) is 20.8 Å². The number of hydrogen-bond donors (Lipinski definition) is 1. The van der Waals surface area contributed by atoms with Crippen molar-refractivity contribution in [3.05, 3.63) is 0 Å². The van der Waals surface area contributed by atoms with Gasteiger partial charge < -0.3 is 19.3 Å². The summed E-state index contributed by atoms with van der Waals surface area (Å²) >= 11 is 0. The first-order valence-electron chi connectivity index (χ1n) is 13.8. The highest BCUT2D eigenvalue weighted by molar-refractivity contribution is 5.82. The Morgan fingerprint density at radius 2 is 1.53 bits per heavy atom. The zero-order valence-electron chi connectivity index (χ0n) is 23.8. The number of ether oxygens (including phenoxy) is 3. The Labute approximate surface area is 217 Å². The highest BCUT2D eigenvalue weighted by Gasteiger charge is 2.68. The molecule has 0 amide bonds. The molecule has 0 aromatic heterocycles. The van der Waals surface area contributed by atoms with Crippen molar-refractivity contribution < 1.29 is 33.7 Å². The van der Waals surface area contributed by atoms with Gasteiger partial charge in [0.2, 0.25) is 6.29 Å². The maximum atomic E-state index is 13.8. The van der Waals surface area contributed by atoms with Crippen LogP contribution in [0.5, 0.6) is 0 Å². The Morgan fingerprint density at radius 1 is 0.917 bits per heavy atom. The van der Waals surface area contributed by atoms with Crippen LogP contribution < -0.4 is 0 Å². The molecular weight excluding hydrogens is 460 g/mol. The second-order valence-corrected chi connectivity index (χ2v) is 13.8. The van der Waals surface area contributed by atoms with Crippen LogP contribution in [0, 0.1) is 27.1 Å². The summed E-state index contributed by atoms with van der Waals surface area (Å²) in [5, 5.41) is 10.3. The van der Waals surface area contributed by atoms with Gasteiger partial charge in [-0.15, -0.1) is 0 Å². The van der Waals surface area contributed by atoms with E-state index in [0.717, 1.165) is 38.5 Å². The fraction of sp³-hybridized carbons (Fsp3) is 0.897. The van der Waals surface area contributed by atoms with E-state index in [2.05, 4.69) is 20.8 Å². The highest BCUT2D eigenvalue weighted by Crippen LogP contribution is 2.69. The fourth-order valence-electron chi connectivity index (χ4n) is 7.08. The molecule has 3 rings (SSSR count). The molecule has 0 spiro atoms. The summed E-state index contributed by atoms with van der Waals surface area (Å²) in [5.41, 5.74) is -3.87. The van der Waals surface area contributed by atoms with Gasteiger partial charge in [0.25, 0.3) is 0 Å². The van der Waals surface area contributed by atoms with Crippen LogP contribution in [0.2, 0.25) is 0 Å². The van der Waals surface area contributed by atoms with Crippen LogP contribution in [-0.4, -0.2) is 41.5 Å². The van der Waals surface area contributed by atoms with E-state index in [-0.39, 0.29) is 29.6 Å². The molecule has 1 N–H and O–H groups in total. The van der Waals surface area contributed by atoms with Crippen LogP contribution >= 0.6 is 0 Å². The van der Waals surface area contributed by atoms with Crippen molar-refractivity contribution >= 4 is 17.9 Å². The van der Waals surface area contributed by atoms with E-state index in [4.69, 9.17) is 14.2 Å². The van der Waals surface area contributed by atoms with Gasteiger partial charge in [-0.3, -0.25) is 14.4 Å². The van der Waals surface area contributed by atoms with E-state index < -0.39 is 40.1 Å². The first kappa shape index (κ1) is 28.9. The van der Waals surface area contributed by atoms with E-state index in [1.807, 2.05) is 13.8 Å². The molecule has 2 aliphatic carbocycles. The number of rotatable bonds is 10. The van der Waals surface area contributed by atoms with Crippen molar-refractivity contribution in [3.63, 3.8) is 0 Å². The van der Waals surface area contributed by atoms with Gasteiger partial charge in [0.15, 0.2) is 0 Å². The Hall–Kier alpha value is -1.63. The Bertz CT molecular complexity index is 861. The van der Waals surface area contributed by atoms with Crippen molar-refractivity contribution in [1.29, 1.82) is 0 Å². The van der Waals surface area contributed by atoms with Crippen LogP contribution in [-0.2, 0) is 28.6 Å². The number of carboxylic acids is 1. The first-order chi connectivity index (χ1) is 16.5. The Morgan fingerprint density at radius 3 is 1.97 bits per heavy atom. The average molecular weight is 509 g/mol. The van der Waals surface area contributed by atoms with Crippen LogP contribution in [0.25, 0.3) is 0 Å². The lowest BCUT2D eigenvalue weighted by Crippen LogP contribution is -2.49. The summed E-state index contributed by atoms with van der Waals surface area (Å²) in [6, 6.07) is 0. The van der Waals surface area contributed by atoms with Crippen LogP contribution in [0.4, 0.5) is 0 Å². The van der Waals surface area contributed by atoms with Gasteiger partial charge in [-0.2, -0.15) is 0 Å². The molecule has 0 radical (unpaired) electrons. The van der Waals surface area contributed by atoms with Gasteiger partial charge in [-0.1, -0.05) is 27.7 Å². The van der Waals surface area contributed by atoms with Crippen LogP contribution in [0.1, 0.15) is 120 Å². The molecule has 3 unspecified atom stereocenters. The number of carboxylic acid groups (broad SMARTS) is 1. The van der Waals surface area contributed by atoms with Gasteiger partial charge in [0.1, 0.15) is 5.60 Å². The second-order valence-electron chi connectivity index (χ2n) is 13.8. The zero-order valence-corrected chi connectivity index (χ0v) is 23.8. The summed E-state index contributed by atoms with van der Waals surface area (Å²) in [6.45, 7) is 16.0. The van der Waals surface area contributed by atoms with Crippen molar-refractivity contribution in [2.45, 2.75) is 131 Å². The van der Waals surface area contributed by atoms with Crippen LogP contribution in [0.15, 0.2) is 0 Å². The third-order valence-corrected chi connectivity index (χ3v) is 10.4. The molecule has 2 saturated carbocycles. The minimum Gasteiger partial charge on any atom is -0.481 e. The molecule has 206 valence electrons. The van der Waals surface area contributed by atoms with Gasteiger partial charge in [-0.05, 0) is 90.9 Å². The maximum Gasteiger partial charge on any atom is 0.313 e. The lowest BCUT2D eigenvalue weighted by atomic mass is 9.65. The molecule has 3 fully saturated rings. The number of carbonyl (C=O) groups excluding carboxylic acids is 2. The lowest BCUT2D eigenvalue weighted by molar-refractivity contribution is -0.198. The summed E-state index contributed by atoms with van der Waals surface area (Å²) in [5.74, 6) is -1.83. The van der Waals surface area contributed by atoms with E-state index >= 15 is 0 Å². The number of fused-ring (bicyclic) bond motifs is 2. The highest BCUT2D eigenvalue weighted by atomic mass is 16.7. The van der Waals surface area contributed by atoms with Gasteiger partial charge >= 0.3 is 17.9 Å². The van der Waals surface area contributed by atoms with Crippen molar-refractivity contribution in [2.75, 3.05) is 6.61 Å². The molecule has 1 aliphatic heterocycles. The van der Waals surface area contributed by atoms with E-state index in [0.29, 0.717) is 19.4 Å². The predicted octanol–water partition coefficient (Wildman–Crippen LogP) is 6.27. The second kappa shape index (κ2) is 9.59. The largest absolute Gasteiger partial charge is 0.481 e. The Kier molecular flexibility index (Phi) is 7.71. The van der Waals surface area contributed by atoms with E-state index in [9.17, 15) is 19.5 Å². The van der Waals surface area contributed by atoms with Crippen molar-refractivity contribution in [3.8, 4) is 0 Å². The zero-order chi connectivity index (χ0) is 27.2. The smallest absolute Gasteiger partial charge is 0.313 e. The minimum atomic E-state index is -1.33. The summed E-state index contributed by atoms with van der Waals surface area (Å²) in [4.78, 5) is 39.4. The van der Waals surface area contributed by atoms with Crippen molar-refractivity contribution in [2.24, 2.45) is 27.1 Å². The number of hydrogen-bond acceptors (Lipinski definition) is 6. The molecule has 1 heterocycles. The van der Waals surface area contributed by atoms with Crippen molar-refractivity contribution in [1.82, 2.24) is 0 Å². The normalized spacial score (nSPS) is 32.8. The van der Waals surface area contributed by atoms with Gasteiger partial charge in [0, 0.05) is 11.8 Å². The number of carbonyl (C=O) groups is 3. The molecule has 2 bridgehead atoms. The average Bonchev–Trinajstić information content (AvgIpc) is 3.10. The minimum absolute atomic E-state index is 0.0401. The number of aliphatic carboxylic acids is 1. The van der Waals surface area contributed by atoms with E-state index in [1.165, 1.54) is 0 Å². The summed E-state index contributed by atoms with van der Waals surface area (Å²) < 4.78 is 17.5. The molecule has 36 heavy (non-hydrogen) atoms. The monoisotopic (exact) mass is 508 g/mol. The molecule has 7 nitrogen and oxygen atoms in total. The molecule has 7 heteroatoms. The molecule has 0 aromatic rings. The third-order valence-electron chi connectivity index (χ3n) is 10.4. The molecular formula is C29H48O7. The predicted molar refractivity (Wildman–Crippen MR) is 136 cm³/mol. The molecule has 1 saturated heterocycles. The van der Waals surface area contributed by atoms with Gasteiger partial charge in [0.05, 0.1) is 22.9 Å². The topological polar surface area (TPSA) is 99.1 Å². The summed E-state index contributed by atoms with van der Waals surface area (Å²) in [7, 11) is 0. The fourth-order valence-corrected chi connectivity index (χ4v) is 7.08. The SMILES string of the molecule is CCC(C)(CC(C)(CC(C)(C)C(=O)OC1CCCCO1)C(=O)O)C(=O)OC12CCC(C)(CC1)C2(C)C. The quantitative estimate of drug-likeness (QED) is 0.347. The summed E-state index contributed by atoms with van der Waals surface area (Å²) in [6.07, 6.45) is 6.27. The maximum absolute atomic E-state index is 13.8. The Balaban J connectivity index is 1.77. The number of esters is 2. The third kappa shape index (κ3) is 4.93. The first-order valence-corrected chi connectivity index (χ1v) is 13.8. The molecule has 0 aromatic carbocycles.